The quantitative estimate of drug-likeness (QED) is 0.409. The Morgan fingerprint density at radius 3 is 2.47 bits per heavy atom. The van der Waals surface area contributed by atoms with Gasteiger partial charge >= 0.3 is 0 Å². The first-order valence-electron chi connectivity index (χ1n) is 13.3. The van der Waals surface area contributed by atoms with Crippen molar-refractivity contribution in [2.75, 3.05) is 39.4 Å². The first-order valence-corrected chi connectivity index (χ1v) is 13.3. The number of likely N-dealkylation sites (tertiary alicyclic amines) is 1. The van der Waals surface area contributed by atoms with Gasteiger partial charge in [-0.15, -0.1) is 0 Å². The number of fused-ring (bicyclic) bond motifs is 1. The van der Waals surface area contributed by atoms with Gasteiger partial charge in [0.25, 0.3) is 5.91 Å². The molecule has 1 aliphatic heterocycles. The van der Waals surface area contributed by atoms with Crippen LogP contribution in [0.5, 0.6) is 11.5 Å². The Kier molecular flexibility index (Phi) is 8.80. The van der Waals surface area contributed by atoms with Gasteiger partial charge in [0, 0.05) is 18.3 Å². The van der Waals surface area contributed by atoms with E-state index in [0.29, 0.717) is 36.7 Å². The molecule has 3 aromatic rings. The van der Waals surface area contributed by atoms with Crippen molar-refractivity contribution in [2.24, 2.45) is 0 Å². The lowest BCUT2D eigenvalue weighted by molar-refractivity contribution is 0.0950. The summed E-state index contributed by atoms with van der Waals surface area (Å²) in [5, 5.41) is 7.80. The third-order valence-electron chi connectivity index (χ3n) is 6.77. The van der Waals surface area contributed by atoms with E-state index in [2.05, 4.69) is 15.2 Å². The number of carbonyl (C=O) groups is 1. The van der Waals surface area contributed by atoms with Crippen molar-refractivity contribution in [3.8, 4) is 22.6 Å². The molecule has 1 saturated heterocycles. The number of ether oxygens (including phenoxy) is 2. The highest BCUT2D eigenvalue weighted by molar-refractivity contribution is 5.95. The van der Waals surface area contributed by atoms with Crippen LogP contribution in [0.15, 0.2) is 24.4 Å². The fourth-order valence-corrected chi connectivity index (χ4v) is 4.93. The van der Waals surface area contributed by atoms with Crippen LogP contribution in [0.3, 0.4) is 0 Å². The monoisotopic (exact) mass is 493 g/mol. The summed E-state index contributed by atoms with van der Waals surface area (Å²) >= 11 is 0. The Labute approximate surface area is 214 Å². The molecule has 0 radical (unpaired) electrons. The van der Waals surface area contributed by atoms with E-state index >= 15 is 0 Å². The summed E-state index contributed by atoms with van der Waals surface area (Å²) in [6.07, 6.45) is 7.85. The van der Waals surface area contributed by atoms with Gasteiger partial charge in [-0.05, 0) is 84.3 Å². The molecule has 8 nitrogen and oxygen atoms in total. The molecule has 1 N–H and O–H groups in total. The second-order valence-corrected chi connectivity index (χ2v) is 9.35. The number of amides is 1. The SMILES string of the molecule is CCOc1ccc(-c2c(C)nn3c(C)c(C(=O)NCCCN4CCCCCC4)cnc23)cc1OCC. The summed E-state index contributed by atoms with van der Waals surface area (Å²) in [4.78, 5) is 20.1. The van der Waals surface area contributed by atoms with Crippen LogP contribution in [0.4, 0.5) is 0 Å². The molecule has 1 amide bonds. The molecule has 0 atom stereocenters. The zero-order chi connectivity index (χ0) is 25.5. The van der Waals surface area contributed by atoms with Crippen molar-refractivity contribution >= 4 is 11.6 Å². The molecule has 4 rings (SSSR count). The van der Waals surface area contributed by atoms with E-state index < -0.39 is 0 Å². The molecule has 0 bridgehead atoms. The average molecular weight is 494 g/mol. The maximum Gasteiger partial charge on any atom is 0.254 e. The molecule has 8 heteroatoms. The minimum Gasteiger partial charge on any atom is -0.490 e. The highest BCUT2D eigenvalue weighted by atomic mass is 16.5. The van der Waals surface area contributed by atoms with Crippen LogP contribution in [-0.2, 0) is 0 Å². The van der Waals surface area contributed by atoms with Crippen molar-refractivity contribution < 1.29 is 14.3 Å². The number of hydrogen-bond donors (Lipinski definition) is 1. The number of nitrogens with one attached hydrogen (secondary N) is 1. The zero-order valence-electron chi connectivity index (χ0n) is 22.1. The number of benzene rings is 1. The van der Waals surface area contributed by atoms with Gasteiger partial charge in [0.1, 0.15) is 0 Å². The van der Waals surface area contributed by atoms with Crippen LogP contribution in [-0.4, -0.2) is 64.8 Å². The van der Waals surface area contributed by atoms with Gasteiger partial charge in [-0.2, -0.15) is 5.10 Å². The molecule has 36 heavy (non-hydrogen) atoms. The Balaban J connectivity index is 1.50. The standard InChI is InChI=1S/C28H39N5O3/c1-5-35-24-13-12-22(18-25(24)36-6-2)26-20(3)31-33-21(4)23(19-30-27(26)33)28(34)29-14-11-17-32-15-9-7-8-10-16-32/h12-13,18-19H,5-11,14-17H2,1-4H3,(H,29,34). The predicted molar refractivity (Wildman–Crippen MR) is 142 cm³/mol. The van der Waals surface area contributed by atoms with Gasteiger partial charge < -0.3 is 19.7 Å². The van der Waals surface area contributed by atoms with Crippen LogP contribution in [0.1, 0.15) is 67.7 Å². The van der Waals surface area contributed by atoms with E-state index in [9.17, 15) is 4.79 Å². The van der Waals surface area contributed by atoms with Gasteiger partial charge in [-0.1, -0.05) is 18.9 Å². The van der Waals surface area contributed by atoms with E-state index in [1.807, 2.05) is 45.9 Å². The maximum atomic E-state index is 13.0. The van der Waals surface area contributed by atoms with Crippen molar-refractivity contribution in [1.29, 1.82) is 0 Å². The highest BCUT2D eigenvalue weighted by Gasteiger charge is 2.20. The second-order valence-electron chi connectivity index (χ2n) is 9.35. The Hall–Kier alpha value is -3.13. The summed E-state index contributed by atoms with van der Waals surface area (Å²) in [6, 6.07) is 5.90. The molecule has 0 unspecified atom stereocenters. The van der Waals surface area contributed by atoms with Crippen molar-refractivity contribution in [3.63, 3.8) is 0 Å². The van der Waals surface area contributed by atoms with Crippen LogP contribution in [0, 0.1) is 13.8 Å². The lowest BCUT2D eigenvalue weighted by Gasteiger charge is -2.19. The minimum atomic E-state index is -0.104. The Morgan fingerprint density at radius 1 is 1.03 bits per heavy atom. The summed E-state index contributed by atoms with van der Waals surface area (Å²) in [5.41, 5.74) is 4.75. The van der Waals surface area contributed by atoms with Gasteiger partial charge in [0.2, 0.25) is 0 Å². The normalized spacial score (nSPS) is 14.6. The lowest BCUT2D eigenvalue weighted by Crippen LogP contribution is -2.31. The molecule has 3 heterocycles. The van der Waals surface area contributed by atoms with Crippen molar-refractivity contribution in [2.45, 2.75) is 59.8 Å². The van der Waals surface area contributed by atoms with Crippen LogP contribution in [0.25, 0.3) is 16.8 Å². The number of carbonyl (C=O) groups excluding carboxylic acids is 1. The van der Waals surface area contributed by atoms with E-state index in [4.69, 9.17) is 14.6 Å². The van der Waals surface area contributed by atoms with Gasteiger partial charge in [-0.3, -0.25) is 4.79 Å². The zero-order valence-corrected chi connectivity index (χ0v) is 22.1. The molecule has 2 aromatic heterocycles. The first kappa shape index (κ1) is 25.9. The fourth-order valence-electron chi connectivity index (χ4n) is 4.93. The first-order chi connectivity index (χ1) is 17.5. The smallest absolute Gasteiger partial charge is 0.254 e. The number of nitrogens with zero attached hydrogens (tertiary/aromatic N) is 4. The topological polar surface area (TPSA) is 81.0 Å². The number of aryl methyl sites for hydroxylation is 2. The number of hydrogen-bond acceptors (Lipinski definition) is 6. The average Bonchev–Trinajstić information content (AvgIpc) is 3.02. The molecule has 194 valence electrons. The lowest BCUT2D eigenvalue weighted by atomic mass is 10.1. The number of rotatable bonds is 10. The van der Waals surface area contributed by atoms with E-state index in [1.54, 1.807) is 10.7 Å². The number of aromatic nitrogens is 3. The molecule has 1 fully saturated rings. The maximum absolute atomic E-state index is 13.0. The van der Waals surface area contributed by atoms with Crippen LogP contribution in [0.2, 0.25) is 0 Å². The van der Waals surface area contributed by atoms with E-state index in [0.717, 1.165) is 41.2 Å². The van der Waals surface area contributed by atoms with E-state index in [1.165, 1.54) is 38.8 Å². The molecule has 0 spiro atoms. The van der Waals surface area contributed by atoms with Crippen LogP contribution >= 0.6 is 0 Å². The second kappa shape index (κ2) is 12.2. The van der Waals surface area contributed by atoms with Gasteiger partial charge in [-0.25, -0.2) is 9.50 Å². The summed E-state index contributed by atoms with van der Waals surface area (Å²) < 4.78 is 13.3. The van der Waals surface area contributed by atoms with Crippen LogP contribution < -0.4 is 14.8 Å². The van der Waals surface area contributed by atoms with E-state index in [-0.39, 0.29) is 5.91 Å². The molecular weight excluding hydrogens is 454 g/mol. The summed E-state index contributed by atoms with van der Waals surface area (Å²) in [7, 11) is 0. The predicted octanol–water partition coefficient (Wildman–Crippen LogP) is 4.81. The third kappa shape index (κ3) is 5.81. The molecule has 0 saturated carbocycles. The van der Waals surface area contributed by atoms with Crippen molar-refractivity contribution in [3.05, 3.63) is 41.3 Å². The molecule has 1 aromatic carbocycles. The van der Waals surface area contributed by atoms with Gasteiger partial charge in [0.15, 0.2) is 17.1 Å². The van der Waals surface area contributed by atoms with Gasteiger partial charge in [0.05, 0.1) is 30.2 Å². The highest BCUT2D eigenvalue weighted by Crippen LogP contribution is 2.36. The minimum absolute atomic E-state index is 0.104. The van der Waals surface area contributed by atoms with Crippen molar-refractivity contribution in [1.82, 2.24) is 24.8 Å². The molecular formula is C28H39N5O3. The Morgan fingerprint density at radius 2 is 1.75 bits per heavy atom. The largest absolute Gasteiger partial charge is 0.490 e. The summed E-state index contributed by atoms with van der Waals surface area (Å²) in [5.74, 6) is 1.31. The molecule has 0 aliphatic carbocycles. The Bertz CT molecular complexity index is 1180. The fraction of sp³-hybridized carbons (Fsp3) is 0.536. The summed E-state index contributed by atoms with van der Waals surface area (Å²) in [6.45, 7) is 12.9. The molecule has 1 aliphatic rings. The third-order valence-corrected chi connectivity index (χ3v) is 6.77.